The summed E-state index contributed by atoms with van der Waals surface area (Å²) in [6, 6.07) is 12.2. The molecule has 0 aromatic carbocycles. The van der Waals surface area contributed by atoms with E-state index in [1.165, 1.54) is 0 Å². The lowest BCUT2D eigenvalue weighted by molar-refractivity contribution is 0.200. The van der Waals surface area contributed by atoms with Crippen molar-refractivity contribution in [1.82, 2.24) is 24.8 Å². The summed E-state index contributed by atoms with van der Waals surface area (Å²) in [6.45, 7) is 2.52. The van der Waals surface area contributed by atoms with Gasteiger partial charge in [-0.05, 0) is 43.7 Å². The molecule has 150 valence electrons. The van der Waals surface area contributed by atoms with Crippen LogP contribution < -0.4 is 5.32 Å². The Balaban J connectivity index is 1.43. The number of nitrogens with one attached hydrogen (secondary N) is 1. The van der Waals surface area contributed by atoms with Crippen molar-refractivity contribution in [3.8, 4) is 0 Å². The van der Waals surface area contributed by atoms with Crippen molar-refractivity contribution in [2.45, 2.75) is 31.8 Å². The second kappa shape index (κ2) is 9.54. The number of hydrogen-bond acceptors (Lipinski definition) is 7. The highest BCUT2D eigenvalue weighted by molar-refractivity contribution is 5.51. The summed E-state index contributed by atoms with van der Waals surface area (Å²) in [5, 5.41) is 3.28. The molecule has 0 amide bonds. The average Bonchev–Trinajstić information content (AvgIpc) is 3.22. The van der Waals surface area contributed by atoms with Crippen molar-refractivity contribution in [1.29, 1.82) is 0 Å². The molecule has 7 heteroatoms. The van der Waals surface area contributed by atoms with E-state index in [9.17, 15) is 0 Å². The smallest absolute Gasteiger partial charge is 0.131 e. The second-order valence-corrected chi connectivity index (χ2v) is 7.17. The number of nitrogens with zero attached hydrogens (tertiary/aromatic N) is 5. The number of methoxy groups -OCH3 is 1. The number of anilines is 2. The highest BCUT2D eigenvalue weighted by Crippen LogP contribution is 2.32. The first-order valence-electron chi connectivity index (χ1n) is 9.99. The van der Waals surface area contributed by atoms with Gasteiger partial charge in [0.15, 0.2) is 0 Å². The zero-order valence-electron chi connectivity index (χ0n) is 16.7. The Kier molecular flexibility index (Phi) is 6.38. The van der Waals surface area contributed by atoms with Crippen LogP contribution in [0.1, 0.15) is 36.0 Å². The normalized spacial score (nSPS) is 16.8. The Morgan fingerprint density at radius 1 is 1.07 bits per heavy atom. The number of likely N-dealkylation sites (tertiary alicyclic amines) is 1. The lowest BCUT2D eigenvalue weighted by Crippen LogP contribution is -2.24. The van der Waals surface area contributed by atoms with Gasteiger partial charge >= 0.3 is 0 Å². The predicted octanol–water partition coefficient (Wildman–Crippen LogP) is 3.54. The quantitative estimate of drug-likeness (QED) is 0.630. The topological polar surface area (TPSA) is 76.1 Å². The molecule has 1 aliphatic rings. The van der Waals surface area contributed by atoms with Gasteiger partial charge in [-0.3, -0.25) is 4.90 Å². The molecule has 4 rings (SSSR count). The summed E-state index contributed by atoms with van der Waals surface area (Å²) in [6.07, 6.45) is 8.64. The van der Waals surface area contributed by atoms with Crippen LogP contribution in [0.3, 0.4) is 0 Å². The molecule has 1 atom stereocenters. The van der Waals surface area contributed by atoms with E-state index in [2.05, 4.69) is 37.3 Å². The summed E-state index contributed by atoms with van der Waals surface area (Å²) in [5.74, 6) is 2.44. The molecule has 1 saturated heterocycles. The maximum atomic E-state index is 5.09. The fourth-order valence-corrected chi connectivity index (χ4v) is 3.65. The van der Waals surface area contributed by atoms with Gasteiger partial charge in [-0.1, -0.05) is 12.1 Å². The van der Waals surface area contributed by atoms with Gasteiger partial charge in [0.2, 0.25) is 0 Å². The van der Waals surface area contributed by atoms with E-state index >= 15 is 0 Å². The van der Waals surface area contributed by atoms with Crippen LogP contribution in [0.2, 0.25) is 0 Å². The molecule has 3 aromatic rings. The third kappa shape index (κ3) is 5.13. The van der Waals surface area contributed by atoms with Gasteiger partial charge in [0.05, 0.1) is 18.3 Å². The molecule has 1 aliphatic heterocycles. The fourth-order valence-electron chi connectivity index (χ4n) is 3.65. The van der Waals surface area contributed by atoms with Gasteiger partial charge in [0.25, 0.3) is 0 Å². The van der Waals surface area contributed by atoms with E-state index in [0.717, 1.165) is 61.1 Å². The SMILES string of the molecule is COCCc1ncc(CN2CCCC2c2cccc(Nc3ccccn3)n2)cn1. The molecular formula is C22H26N6O. The third-order valence-electron chi connectivity index (χ3n) is 5.07. The summed E-state index contributed by atoms with van der Waals surface area (Å²) in [5.41, 5.74) is 2.21. The lowest BCUT2D eigenvalue weighted by atomic mass is 10.1. The third-order valence-corrected chi connectivity index (χ3v) is 5.07. The van der Waals surface area contributed by atoms with E-state index in [-0.39, 0.29) is 0 Å². The van der Waals surface area contributed by atoms with Gasteiger partial charge < -0.3 is 10.1 Å². The van der Waals surface area contributed by atoms with Crippen LogP contribution in [-0.2, 0) is 17.7 Å². The van der Waals surface area contributed by atoms with Crippen molar-refractivity contribution in [3.05, 3.63) is 72.1 Å². The maximum absolute atomic E-state index is 5.09. The number of pyridine rings is 2. The molecule has 1 fully saturated rings. The average molecular weight is 390 g/mol. The van der Waals surface area contributed by atoms with Gasteiger partial charge in [0.1, 0.15) is 17.5 Å². The van der Waals surface area contributed by atoms with Gasteiger partial charge in [-0.15, -0.1) is 0 Å². The summed E-state index contributed by atoms with van der Waals surface area (Å²) >= 11 is 0. The van der Waals surface area contributed by atoms with Crippen molar-refractivity contribution < 1.29 is 4.74 Å². The van der Waals surface area contributed by atoms with E-state index in [1.807, 2.05) is 36.7 Å². The zero-order chi connectivity index (χ0) is 19.9. The van der Waals surface area contributed by atoms with Crippen molar-refractivity contribution in [2.24, 2.45) is 0 Å². The second-order valence-electron chi connectivity index (χ2n) is 7.17. The largest absolute Gasteiger partial charge is 0.384 e. The molecule has 0 radical (unpaired) electrons. The summed E-state index contributed by atoms with van der Waals surface area (Å²) in [4.78, 5) is 20.6. The minimum Gasteiger partial charge on any atom is -0.384 e. The standard InChI is InChI=1S/C22H26N6O/c1-29-13-10-20-24-14-17(15-25-20)16-28-12-5-7-19(28)18-6-4-9-22(26-18)27-21-8-2-3-11-23-21/h2-4,6,8-9,11,14-15,19H,5,7,10,12-13,16H2,1H3,(H,23,26,27). The van der Waals surface area contributed by atoms with Crippen LogP contribution in [0.4, 0.5) is 11.6 Å². The maximum Gasteiger partial charge on any atom is 0.131 e. The van der Waals surface area contributed by atoms with Crippen LogP contribution in [0.25, 0.3) is 0 Å². The van der Waals surface area contributed by atoms with Gasteiger partial charge in [0, 0.05) is 44.2 Å². The number of rotatable bonds is 8. The van der Waals surface area contributed by atoms with Gasteiger partial charge in [-0.2, -0.15) is 0 Å². The van der Waals surface area contributed by atoms with Crippen LogP contribution >= 0.6 is 0 Å². The predicted molar refractivity (Wildman–Crippen MR) is 112 cm³/mol. The Labute approximate surface area is 171 Å². The van der Waals surface area contributed by atoms with E-state index in [1.54, 1.807) is 13.3 Å². The first-order valence-corrected chi connectivity index (χ1v) is 9.99. The number of aromatic nitrogens is 4. The fraction of sp³-hybridized carbons (Fsp3) is 0.364. The number of ether oxygens (including phenoxy) is 1. The van der Waals surface area contributed by atoms with Crippen molar-refractivity contribution in [2.75, 3.05) is 25.6 Å². The van der Waals surface area contributed by atoms with E-state index < -0.39 is 0 Å². The highest BCUT2D eigenvalue weighted by atomic mass is 16.5. The van der Waals surface area contributed by atoms with Crippen LogP contribution in [-0.4, -0.2) is 45.1 Å². The van der Waals surface area contributed by atoms with E-state index in [4.69, 9.17) is 9.72 Å². The molecule has 1 N–H and O–H groups in total. The Bertz CT molecular complexity index is 903. The Hall–Kier alpha value is -2.90. The Morgan fingerprint density at radius 3 is 2.72 bits per heavy atom. The number of hydrogen-bond donors (Lipinski definition) is 1. The summed E-state index contributed by atoms with van der Waals surface area (Å²) < 4.78 is 5.09. The first-order chi connectivity index (χ1) is 14.3. The zero-order valence-corrected chi connectivity index (χ0v) is 16.7. The molecule has 0 spiro atoms. The molecular weight excluding hydrogens is 364 g/mol. The summed E-state index contributed by atoms with van der Waals surface area (Å²) in [7, 11) is 1.69. The lowest BCUT2D eigenvalue weighted by Gasteiger charge is -2.24. The molecule has 29 heavy (non-hydrogen) atoms. The van der Waals surface area contributed by atoms with Crippen LogP contribution in [0.5, 0.6) is 0 Å². The molecule has 7 nitrogen and oxygen atoms in total. The molecule has 1 unspecified atom stereocenters. The molecule has 0 saturated carbocycles. The Morgan fingerprint density at radius 2 is 1.93 bits per heavy atom. The van der Waals surface area contributed by atoms with Crippen molar-refractivity contribution >= 4 is 11.6 Å². The van der Waals surface area contributed by atoms with Gasteiger partial charge in [-0.25, -0.2) is 19.9 Å². The highest BCUT2D eigenvalue weighted by Gasteiger charge is 2.27. The van der Waals surface area contributed by atoms with Crippen LogP contribution in [0, 0.1) is 0 Å². The first kappa shape index (κ1) is 19.4. The molecule has 0 aliphatic carbocycles. The molecule has 3 aromatic heterocycles. The molecule has 4 heterocycles. The minimum atomic E-state index is 0.300. The van der Waals surface area contributed by atoms with Crippen LogP contribution in [0.15, 0.2) is 55.0 Å². The van der Waals surface area contributed by atoms with Crippen molar-refractivity contribution in [3.63, 3.8) is 0 Å². The monoisotopic (exact) mass is 390 g/mol. The molecule has 0 bridgehead atoms. The minimum absolute atomic E-state index is 0.300. The van der Waals surface area contributed by atoms with E-state index in [0.29, 0.717) is 12.6 Å².